The summed E-state index contributed by atoms with van der Waals surface area (Å²) in [7, 11) is 0. The van der Waals surface area contributed by atoms with Gasteiger partial charge in [0.25, 0.3) is 0 Å². The maximum atomic E-state index is 10.7. The molecule has 1 rings (SSSR count). The Morgan fingerprint density at radius 1 is 1.62 bits per heavy atom. The highest BCUT2D eigenvalue weighted by atomic mass is 16.6. The Bertz CT molecular complexity index is 198. The van der Waals surface area contributed by atoms with Crippen LogP contribution in [0.1, 0.15) is 27.7 Å². The average Bonchev–Trinajstić information content (AvgIpc) is 2.31. The molecular formula is C9H17NO3. The van der Waals surface area contributed by atoms with Crippen molar-refractivity contribution in [1.82, 2.24) is 5.32 Å². The van der Waals surface area contributed by atoms with Gasteiger partial charge >= 0.3 is 6.09 Å². The number of alkyl carbamates (subject to hydrolysis) is 1. The highest BCUT2D eigenvalue weighted by Crippen LogP contribution is 2.15. The molecule has 0 saturated carbocycles. The quantitative estimate of drug-likeness (QED) is 0.708. The Labute approximate surface area is 78.6 Å². The second kappa shape index (κ2) is 3.54. The van der Waals surface area contributed by atoms with Crippen LogP contribution < -0.4 is 5.32 Å². The zero-order valence-corrected chi connectivity index (χ0v) is 8.59. The van der Waals surface area contributed by atoms with Crippen LogP contribution in [0.15, 0.2) is 0 Å². The second-order valence-corrected chi connectivity index (χ2v) is 4.28. The van der Waals surface area contributed by atoms with E-state index in [-0.39, 0.29) is 23.8 Å². The minimum Gasteiger partial charge on any atom is -0.447 e. The van der Waals surface area contributed by atoms with Crippen molar-refractivity contribution < 1.29 is 14.3 Å². The van der Waals surface area contributed by atoms with Gasteiger partial charge in [-0.3, -0.25) is 0 Å². The van der Waals surface area contributed by atoms with E-state index < -0.39 is 0 Å². The van der Waals surface area contributed by atoms with Gasteiger partial charge in [-0.05, 0) is 27.7 Å². The van der Waals surface area contributed by atoms with Gasteiger partial charge in [0, 0.05) is 0 Å². The predicted octanol–water partition coefficient (Wildman–Crippen LogP) is 1.30. The summed E-state index contributed by atoms with van der Waals surface area (Å²) in [6, 6.07) is -0.0216. The zero-order valence-electron chi connectivity index (χ0n) is 8.59. The fraction of sp³-hybridized carbons (Fsp3) is 0.889. The summed E-state index contributed by atoms with van der Waals surface area (Å²) >= 11 is 0. The fourth-order valence-electron chi connectivity index (χ4n) is 1.29. The number of amides is 1. The Balaban J connectivity index is 2.40. The third-order valence-corrected chi connectivity index (χ3v) is 1.80. The number of hydrogen-bond acceptors (Lipinski definition) is 3. The van der Waals surface area contributed by atoms with Gasteiger partial charge in [-0.2, -0.15) is 0 Å². The van der Waals surface area contributed by atoms with Crippen LogP contribution in [-0.4, -0.2) is 30.4 Å². The molecule has 0 aliphatic carbocycles. The molecule has 0 aromatic heterocycles. The van der Waals surface area contributed by atoms with Crippen LogP contribution in [0.5, 0.6) is 0 Å². The van der Waals surface area contributed by atoms with Crippen molar-refractivity contribution in [2.45, 2.75) is 45.4 Å². The molecule has 1 fully saturated rings. The first-order chi connectivity index (χ1) is 5.88. The van der Waals surface area contributed by atoms with E-state index in [1.807, 2.05) is 27.7 Å². The van der Waals surface area contributed by atoms with Gasteiger partial charge < -0.3 is 14.8 Å². The molecule has 1 N–H and O–H groups in total. The van der Waals surface area contributed by atoms with Crippen LogP contribution >= 0.6 is 0 Å². The standard InChI is InChI=1S/C9H17NO3/c1-6(13-9(2,3)4)7-5-12-8(11)10-7/h6-7H,5H2,1-4H3,(H,10,11). The van der Waals surface area contributed by atoms with Crippen LogP contribution in [0.4, 0.5) is 4.79 Å². The number of ether oxygens (including phenoxy) is 2. The van der Waals surface area contributed by atoms with Crippen molar-refractivity contribution in [2.24, 2.45) is 0 Å². The zero-order chi connectivity index (χ0) is 10.1. The SMILES string of the molecule is CC(OC(C)(C)C)C1COC(=O)N1. The first kappa shape index (κ1) is 10.3. The molecular weight excluding hydrogens is 170 g/mol. The summed E-state index contributed by atoms with van der Waals surface area (Å²) in [5.41, 5.74) is -0.188. The van der Waals surface area contributed by atoms with Gasteiger partial charge in [0.15, 0.2) is 0 Å². The maximum Gasteiger partial charge on any atom is 0.407 e. The average molecular weight is 187 g/mol. The molecule has 0 radical (unpaired) electrons. The first-order valence-corrected chi connectivity index (χ1v) is 4.49. The van der Waals surface area contributed by atoms with Crippen molar-refractivity contribution >= 4 is 6.09 Å². The molecule has 1 saturated heterocycles. The van der Waals surface area contributed by atoms with E-state index in [0.29, 0.717) is 6.61 Å². The number of hydrogen-bond donors (Lipinski definition) is 1. The molecule has 0 bridgehead atoms. The van der Waals surface area contributed by atoms with Gasteiger partial charge in [-0.1, -0.05) is 0 Å². The molecule has 2 atom stereocenters. The Kier molecular flexibility index (Phi) is 2.81. The highest BCUT2D eigenvalue weighted by Gasteiger charge is 2.30. The summed E-state index contributed by atoms with van der Waals surface area (Å²) in [5.74, 6) is 0. The third-order valence-electron chi connectivity index (χ3n) is 1.80. The van der Waals surface area contributed by atoms with Gasteiger partial charge in [0.2, 0.25) is 0 Å². The highest BCUT2D eigenvalue weighted by molar-refractivity contribution is 5.69. The lowest BCUT2D eigenvalue weighted by molar-refractivity contribution is -0.0643. The van der Waals surface area contributed by atoms with Gasteiger partial charge in [0.05, 0.1) is 17.7 Å². The first-order valence-electron chi connectivity index (χ1n) is 4.49. The van der Waals surface area contributed by atoms with Crippen molar-refractivity contribution in [3.05, 3.63) is 0 Å². The fourth-order valence-corrected chi connectivity index (χ4v) is 1.29. The van der Waals surface area contributed by atoms with E-state index in [2.05, 4.69) is 5.32 Å². The summed E-state index contributed by atoms with van der Waals surface area (Å²) in [6.07, 6.45) is -0.374. The number of cyclic esters (lactones) is 1. The normalized spacial score (nSPS) is 25.2. The van der Waals surface area contributed by atoms with Crippen molar-refractivity contribution in [2.75, 3.05) is 6.61 Å². The minimum absolute atomic E-state index is 0.0216. The Morgan fingerprint density at radius 2 is 2.23 bits per heavy atom. The molecule has 0 aromatic carbocycles. The van der Waals surface area contributed by atoms with Gasteiger partial charge in [-0.25, -0.2) is 4.79 Å². The van der Waals surface area contributed by atoms with Crippen LogP contribution in [0, 0.1) is 0 Å². The Hall–Kier alpha value is -0.770. The van der Waals surface area contributed by atoms with E-state index in [1.165, 1.54) is 0 Å². The summed E-state index contributed by atoms with van der Waals surface area (Å²) < 4.78 is 10.4. The lowest BCUT2D eigenvalue weighted by atomic mass is 10.1. The smallest absolute Gasteiger partial charge is 0.407 e. The molecule has 0 spiro atoms. The van der Waals surface area contributed by atoms with E-state index in [0.717, 1.165) is 0 Å². The largest absolute Gasteiger partial charge is 0.447 e. The Morgan fingerprint density at radius 3 is 2.62 bits per heavy atom. The molecule has 4 nitrogen and oxygen atoms in total. The number of carbonyl (C=O) groups is 1. The molecule has 0 aromatic rings. The molecule has 1 aliphatic heterocycles. The van der Waals surface area contributed by atoms with Crippen molar-refractivity contribution in [3.63, 3.8) is 0 Å². The molecule has 4 heteroatoms. The van der Waals surface area contributed by atoms with Crippen LogP contribution in [0.2, 0.25) is 0 Å². The van der Waals surface area contributed by atoms with E-state index in [4.69, 9.17) is 9.47 Å². The van der Waals surface area contributed by atoms with E-state index >= 15 is 0 Å². The lowest BCUT2D eigenvalue weighted by Gasteiger charge is -2.27. The van der Waals surface area contributed by atoms with Gasteiger partial charge in [-0.15, -0.1) is 0 Å². The number of rotatable bonds is 2. The molecule has 2 unspecified atom stereocenters. The predicted molar refractivity (Wildman–Crippen MR) is 48.6 cm³/mol. The second-order valence-electron chi connectivity index (χ2n) is 4.28. The third kappa shape index (κ3) is 3.22. The molecule has 1 amide bonds. The van der Waals surface area contributed by atoms with E-state index in [9.17, 15) is 4.79 Å². The number of nitrogens with one attached hydrogen (secondary N) is 1. The van der Waals surface area contributed by atoms with Crippen LogP contribution in [-0.2, 0) is 9.47 Å². The van der Waals surface area contributed by atoms with Crippen molar-refractivity contribution in [1.29, 1.82) is 0 Å². The van der Waals surface area contributed by atoms with E-state index in [1.54, 1.807) is 0 Å². The van der Waals surface area contributed by atoms with Crippen LogP contribution in [0.3, 0.4) is 0 Å². The molecule has 1 heterocycles. The van der Waals surface area contributed by atoms with Gasteiger partial charge in [0.1, 0.15) is 6.61 Å². The molecule has 13 heavy (non-hydrogen) atoms. The summed E-state index contributed by atoms with van der Waals surface area (Å²) in [4.78, 5) is 10.7. The molecule has 1 aliphatic rings. The van der Waals surface area contributed by atoms with Crippen LogP contribution in [0.25, 0.3) is 0 Å². The lowest BCUT2D eigenvalue weighted by Crippen LogP contribution is -2.41. The minimum atomic E-state index is -0.352. The monoisotopic (exact) mass is 187 g/mol. The summed E-state index contributed by atoms with van der Waals surface area (Å²) in [6.45, 7) is 8.30. The van der Waals surface area contributed by atoms with Crippen molar-refractivity contribution in [3.8, 4) is 0 Å². The molecule has 76 valence electrons. The summed E-state index contributed by atoms with van der Waals surface area (Å²) in [5, 5.41) is 2.69. The topological polar surface area (TPSA) is 47.6 Å². The number of carbonyl (C=O) groups excluding carboxylic acids is 1. The maximum absolute atomic E-state index is 10.7.